The van der Waals surface area contributed by atoms with E-state index >= 15 is 0 Å². The van der Waals surface area contributed by atoms with Gasteiger partial charge in [-0.15, -0.1) is 0 Å². The van der Waals surface area contributed by atoms with Crippen molar-refractivity contribution in [2.24, 2.45) is 0 Å². The zero-order valence-electron chi connectivity index (χ0n) is 32.5. The number of anilines is 3. The summed E-state index contributed by atoms with van der Waals surface area (Å²) in [4.78, 5) is 2.40. The molecule has 0 heterocycles. The van der Waals surface area contributed by atoms with Gasteiger partial charge in [-0.2, -0.15) is 0 Å². The zero-order chi connectivity index (χ0) is 39.1. The molecule has 0 bridgehead atoms. The smallest absolute Gasteiger partial charge is 0.0467 e. The summed E-state index contributed by atoms with van der Waals surface area (Å²) in [6, 6.07) is 86.3. The summed E-state index contributed by atoms with van der Waals surface area (Å²) in [5, 5.41) is 10.1. The molecule has 11 aromatic rings. The van der Waals surface area contributed by atoms with Gasteiger partial charge in [-0.25, -0.2) is 0 Å². The number of fused-ring (bicyclic) bond motifs is 5. The van der Waals surface area contributed by atoms with Crippen LogP contribution in [0.5, 0.6) is 0 Å². The molecule has 0 aliphatic heterocycles. The van der Waals surface area contributed by atoms with Crippen molar-refractivity contribution < 1.29 is 0 Å². The SMILES string of the molecule is c1cc(-c2ccc(N(c3cccc(-c4cccc5ccccc45)c3)c3cccc(-c4cccc5c4ccc4ccccc45)c3)cc2)cc(-c2ccc3ccccc3c2)c1. The molecular weight excluding hydrogens is 711 g/mol. The molecule has 0 fully saturated rings. The van der Waals surface area contributed by atoms with Gasteiger partial charge < -0.3 is 4.90 Å². The van der Waals surface area contributed by atoms with E-state index < -0.39 is 0 Å². The van der Waals surface area contributed by atoms with Crippen LogP contribution < -0.4 is 4.90 Å². The molecule has 1 heteroatoms. The third kappa shape index (κ3) is 6.40. The summed E-state index contributed by atoms with van der Waals surface area (Å²) in [7, 11) is 0. The summed E-state index contributed by atoms with van der Waals surface area (Å²) in [6.45, 7) is 0. The Morgan fingerprint density at radius 2 is 0.678 bits per heavy atom. The molecule has 0 aliphatic rings. The molecule has 0 unspecified atom stereocenters. The van der Waals surface area contributed by atoms with Gasteiger partial charge in [-0.1, -0.05) is 188 Å². The van der Waals surface area contributed by atoms with Crippen molar-refractivity contribution in [3.05, 3.63) is 237 Å². The van der Waals surface area contributed by atoms with Crippen LogP contribution in [-0.4, -0.2) is 0 Å². The van der Waals surface area contributed by atoms with Gasteiger partial charge in [-0.05, 0) is 136 Å². The predicted octanol–water partition coefficient (Wildman–Crippen LogP) is 16.4. The molecule has 0 radical (unpaired) electrons. The second-order valence-corrected chi connectivity index (χ2v) is 15.3. The van der Waals surface area contributed by atoms with Gasteiger partial charge in [0.1, 0.15) is 0 Å². The normalized spacial score (nSPS) is 11.4. The second-order valence-electron chi connectivity index (χ2n) is 15.3. The minimum absolute atomic E-state index is 1.09. The largest absolute Gasteiger partial charge is 0.310 e. The van der Waals surface area contributed by atoms with E-state index in [0.717, 1.165) is 17.1 Å². The third-order valence-electron chi connectivity index (χ3n) is 11.8. The molecular formula is C58H39N. The highest BCUT2D eigenvalue weighted by molar-refractivity contribution is 6.12. The third-order valence-corrected chi connectivity index (χ3v) is 11.8. The van der Waals surface area contributed by atoms with Crippen LogP contribution in [0, 0.1) is 0 Å². The molecule has 0 saturated heterocycles. The maximum Gasteiger partial charge on any atom is 0.0467 e. The lowest BCUT2D eigenvalue weighted by atomic mass is 9.94. The number of hydrogen-bond donors (Lipinski definition) is 0. The standard InChI is InChI=1S/C58H39N/c1-2-15-44-37-47(29-28-40(44)12-1)46-18-7-17-45(36-46)41-30-33-50(34-31-41)59(51-21-8-19-48(38-51)55-25-10-16-42-13-3-5-23-53(42)55)52-22-9-20-49(39-52)56-26-11-27-57-54-24-6-4-14-43(54)32-35-58(56)57/h1-39H. The van der Waals surface area contributed by atoms with Gasteiger partial charge >= 0.3 is 0 Å². The van der Waals surface area contributed by atoms with Crippen molar-refractivity contribution in [1.29, 1.82) is 0 Å². The first kappa shape index (κ1) is 34.5. The Hall–Kier alpha value is -7.74. The summed E-state index contributed by atoms with van der Waals surface area (Å²) in [5.41, 5.74) is 12.9. The molecule has 0 N–H and O–H groups in total. The minimum atomic E-state index is 1.09. The van der Waals surface area contributed by atoms with E-state index in [-0.39, 0.29) is 0 Å². The summed E-state index contributed by atoms with van der Waals surface area (Å²) >= 11 is 0. The molecule has 1 nitrogen and oxygen atoms in total. The summed E-state index contributed by atoms with van der Waals surface area (Å²) < 4.78 is 0. The van der Waals surface area contributed by atoms with E-state index in [0.29, 0.717) is 0 Å². The van der Waals surface area contributed by atoms with Crippen LogP contribution in [0.3, 0.4) is 0 Å². The highest BCUT2D eigenvalue weighted by atomic mass is 15.1. The van der Waals surface area contributed by atoms with E-state index in [1.807, 2.05) is 0 Å². The average Bonchev–Trinajstić information content (AvgIpc) is 3.31. The number of nitrogens with zero attached hydrogens (tertiary/aromatic N) is 1. The van der Waals surface area contributed by atoms with E-state index in [2.05, 4.69) is 241 Å². The molecule has 11 aromatic carbocycles. The Bertz CT molecular complexity index is 3330. The zero-order valence-corrected chi connectivity index (χ0v) is 32.5. The van der Waals surface area contributed by atoms with Crippen LogP contribution in [-0.2, 0) is 0 Å². The summed E-state index contributed by atoms with van der Waals surface area (Å²) in [5.74, 6) is 0. The Kier molecular flexibility index (Phi) is 8.56. The van der Waals surface area contributed by atoms with Gasteiger partial charge in [0.15, 0.2) is 0 Å². The molecule has 0 atom stereocenters. The van der Waals surface area contributed by atoms with E-state index in [1.165, 1.54) is 87.6 Å². The van der Waals surface area contributed by atoms with E-state index in [9.17, 15) is 0 Å². The molecule has 0 spiro atoms. The quantitative estimate of drug-likeness (QED) is 0.147. The van der Waals surface area contributed by atoms with Gasteiger partial charge in [0.05, 0.1) is 0 Å². The lowest BCUT2D eigenvalue weighted by molar-refractivity contribution is 1.28. The molecule has 0 aliphatic carbocycles. The van der Waals surface area contributed by atoms with Crippen molar-refractivity contribution in [2.45, 2.75) is 0 Å². The average molecular weight is 750 g/mol. The number of rotatable bonds is 7. The Balaban J connectivity index is 1.02. The van der Waals surface area contributed by atoms with Crippen LogP contribution in [0.15, 0.2) is 237 Å². The fraction of sp³-hybridized carbons (Fsp3) is 0. The Morgan fingerprint density at radius 3 is 1.42 bits per heavy atom. The lowest BCUT2D eigenvalue weighted by Gasteiger charge is -2.27. The first-order valence-corrected chi connectivity index (χ1v) is 20.3. The Labute approximate surface area is 344 Å². The van der Waals surface area contributed by atoms with Crippen molar-refractivity contribution in [1.82, 2.24) is 0 Å². The van der Waals surface area contributed by atoms with Crippen molar-refractivity contribution in [3.63, 3.8) is 0 Å². The summed E-state index contributed by atoms with van der Waals surface area (Å²) in [6.07, 6.45) is 0. The number of hydrogen-bond acceptors (Lipinski definition) is 1. The highest BCUT2D eigenvalue weighted by Gasteiger charge is 2.17. The fourth-order valence-electron chi connectivity index (χ4n) is 8.89. The van der Waals surface area contributed by atoms with Crippen molar-refractivity contribution >= 4 is 60.2 Å². The molecule has 11 rings (SSSR count). The van der Waals surface area contributed by atoms with Crippen molar-refractivity contribution in [3.8, 4) is 44.5 Å². The Morgan fingerprint density at radius 1 is 0.203 bits per heavy atom. The first-order chi connectivity index (χ1) is 29.2. The van der Waals surface area contributed by atoms with Crippen LogP contribution in [0.4, 0.5) is 17.1 Å². The van der Waals surface area contributed by atoms with Crippen LogP contribution in [0.2, 0.25) is 0 Å². The predicted molar refractivity (Wildman–Crippen MR) is 253 cm³/mol. The monoisotopic (exact) mass is 749 g/mol. The van der Waals surface area contributed by atoms with Gasteiger partial charge in [0, 0.05) is 17.1 Å². The molecule has 0 saturated carbocycles. The lowest BCUT2D eigenvalue weighted by Crippen LogP contribution is -2.10. The first-order valence-electron chi connectivity index (χ1n) is 20.3. The van der Waals surface area contributed by atoms with E-state index in [4.69, 9.17) is 0 Å². The highest BCUT2D eigenvalue weighted by Crippen LogP contribution is 2.41. The van der Waals surface area contributed by atoms with E-state index in [1.54, 1.807) is 0 Å². The molecule has 59 heavy (non-hydrogen) atoms. The van der Waals surface area contributed by atoms with Crippen LogP contribution >= 0.6 is 0 Å². The van der Waals surface area contributed by atoms with Gasteiger partial charge in [-0.3, -0.25) is 0 Å². The number of benzene rings is 11. The molecule has 0 amide bonds. The van der Waals surface area contributed by atoms with Gasteiger partial charge in [0.25, 0.3) is 0 Å². The molecule has 276 valence electrons. The van der Waals surface area contributed by atoms with Crippen LogP contribution in [0.1, 0.15) is 0 Å². The second kappa shape index (κ2) is 14.6. The van der Waals surface area contributed by atoms with Gasteiger partial charge in [0.2, 0.25) is 0 Å². The maximum atomic E-state index is 2.40. The molecule has 0 aromatic heterocycles. The maximum absolute atomic E-state index is 2.40. The fourth-order valence-corrected chi connectivity index (χ4v) is 8.89. The minimum Gasteiger partial charge on any atom is -0.310 e. The topological polar surface area (TPSA) is 3.24 Å². The van der Waals surface area contributed by atoms with Crippen molar-refractivity contribution in [2.75, 3.05) is 4.90 Å². The van der Waals surface area contributed by atoms with Crippen LogP contribution in [0.25, 0.3) is 87.6 Å².